The van der Waals surface area contributed by atoms with E-state index in [2.05, 4.69) is 4.84 Å². The van der Waals surface area contributed by atoms with Crippen LogP contribution in [0.25, 0.3) is 0 Å². The van der Waals surface area contributed by atoms with Crippen LogP contribution in [0, 0.1) is 5.41 Å². The third-order valence-electron chi connectivity index (χ3n) is 3.37. The molecule has 7 heteroatoms. The molecule has 0 aliphatic carbocycles. The van der Waals surface area contributed by atoms with E-state index in [0.29, 0.717) is 0 Å². The fourth-order valence-electron chi connectivity index (χ4n) is 1.89. The molecule has 21 heavy (non-hydrogen) atoms. The number of nitrogens with two attached hydrogens (primary N) is 1. The normalized spacial score (nSPS) is 10.9. The average Bonchev–Trinajstić information content (AvgIpc) is 2.49. The molecule has 0 radical (unpaired) electrons. The van der Waals surface area contributed by atoms with E-state index in [4.69, 9.17) is 22.2 Å². The second-order valence-electron chi connectivity index (χ2n) is 4.35. The first-order valence-electron chi connectivity index (χ1n) is 6.35. The first-order valence-corrected chi connectivity index (χ1v) is 6.73. The van der Waals surface area contributed by atoms with Crippen molar-refractivity contribution < 1.29 is 24.0 Å². The van der Waals surface area contributed by atoms with Gasteiger partial charge in [-0.3, -0.25) is 4.79 Å². The summed E-state index contributed by atoms with van der Waals surface area (Å²) in [6, 6.07) is 6.12. The molecule has 1 rings (SSSR count). The molecular weight excluding hydrogens is 298 g/mol. The Balaban J connectivity index is 3.00. The lowest BCUT2D eigenvalue weighted by atomic mass is 9.82. The molecule has 0 unspecified atom stereocenters. The molecule has 0 spiro atoms. The number of hydrogen-bond donors (Lipinski definition) is 1. The second-order valence-corrected chi connectivity index (χ2v) is 4.76. The van der Waals surface area contributed by atoms with E-state index in [1.165, 1.54) is 12.1 Å². The van der Waals surface area contributed by atoms with Crippen LogP contribution in [0.3, 0.4) is 0 Å². The zero-order valence-corrected chi connectivity index (χ0v) is 12.5. The Bertz CT molecular complexity index is 554. The van der Waals surface area contributed by atoms with E-state index < -0.39 is 23.3 Å². The summed E-state index contributed by atoms with van der Waals surface area (Å²) in [7, 11) is 0. The van der Waals surface area contributed by atoms with Crippen LogP contribution >= 0.6 is 11.6 Å². The number of esters is 2. The maximum atomic E-state index is 12.2. The van der Waals surface area contributed by atoms with Crippen LogP contribution in [0.15, 0.2) is 24.3 Å². The van der Waals surface area contributed by atoms with E-state index in [1.54, 1.807) is 26.0 Å². The molecule has 0 aromatic heterocycles. The van der Waals surface area contributed by atoms with Gasteiger partial charge in [0.1, 0.15) is 0 Å². The molecular formula is C14H16ClNO5. The molecule has 0 saturated carbocycles. The summed E-state index contributed by atoms with van der Waals surface area (Å²) in [5, 5.41) is 0.148. The van der Waals surface area contributed by atoms with Crippen molar-refractivity contribution in [1.29, 1.82) is 0 Å². The molecule has 1 aromatic carbocycles. The Labute approximate surface area is 127 Å². The number of carbonyl (C=O) groups is 3. The number of benzene rings is 1. The van der Waals surface area contributed by atoms with Crippen LogP contribution in [0.4, 0.5) is 0 Å². The van der Waals surface area contributed by atoms with E-state index in [9.17, 15) is 14.4 Å². The van der Waals surface area contributed by atoms with E-state index in [1.807, 2.05) is 0 Å². The fraction of sp³-hybridized carbons (Fsp3) is 0.357. The third-order valence-corrected chi connectivity index (χ3v) is 3.70. The van der Waals surface area contributed by atoms with Crippen molar-refractivity contribution in [3.05, 3.63) is 34.9 Å². The number of hydrogen-bond acceptors (Lipinski definition) is 6. The van der Waals surface area contributed by atoms with Crippen LogP contribution in [0.1, 0.15) is 37.0 Å². The molecule has 0 atom stereocenters. The average molecular weight is 314 g/mol. The van der Waals surface area contributed by atoms with E-state index in [-0.39, 0.29) is 23.4 Å². The zero-order chi connectivity index (χ0) is 16.0. The highest BCUT2D eigenvalue weighted by molar-refractivity contribution is 6.33. The Hall–Kier alpha value is -1.92. The Morgan fingerprint density at radius 3 is 2.19 bits per heavy atom. The summed E-state index contributed by atoms with van der Waals surface area (Å²) in [6.07, 6.45) is 0.183. The van der Waals surface area contributed by atoms with Crippen molar-refractivity contribution in [2.45, 2.75) is 26.7 Å². The minimum absolute atomic E-state index is 0.0368. The van der Waals surface area contributed by atoms with Crippen molar-refractivity contribution >= 4 is 29.5 Å². The monoisotopic (exact) mass is 313 g/mol. The molecule has 2 N–H and O–H groups in total. The predicted molar refractivity (Wildman–Crippen MR) is 75.2 cm³/mol. The van der Waals surface area contributed by atoms with Crippen molar-refractivity contribution in [2.24, 2.45) is 11.3 Å². The summed E-state index contributed by atoms with van der Waals surface area (Å²) in [5.74, 6) is 1.97. The van der Waals surface area contributed by atoms with Gasteiger partial charge >= 0.3 is 17.9 Å². The van der Waals surface area contributed by atoms with Gasteiger partial charge in [-0.25, -0.2) is 9.59 Å². The van der Waals surface area contributed by atoms with Crippen molar-refractivity contribution in [3.63, 3.8) is 0 Å². The Kier molecular flexibility index (Phi) is 5.87. The standard InChI is InChI=1S/C14H16ClNO5/c1-3-14(4-2,13(19)21-16)12(18)20-11(17)9-7-5-6-8-10(9)15/h5-8H,3-4,16H2,1-2H3. The summed E-state index contributed by atoms with van der Waals surface area (Å²) < 4.78 is 4.77. The first-order chi connectivity index (χ1) is 9.92. The van der Waals surface area contributed by atoms with Crippen LogP contribution < -0.4 is 5.90 Å². The first kappa shape index (κ1) is 17.1. The quantitative estimate of drug-likeness (QED) is 0.509. The van der Waals surface area contributed by atoms with Crippen LogP contribution in [-0.2, 0) is 19.2 Å². The molecule has 0 fully saturated rings. The topological polar surface area (TPSA) is 95.7 Å². The highest BCUT2D eigenvalue weighted by Gasteiger charge is 2.47. The number of rotatable bonds is 5. The van der Waals surface area contributed by atoms with Gasteiger partial charge in [-0.2, -0.15) is 5.90 Å². The summed E-state index contributed by atoms with van der Waals surface area (Å²) in [4.78, 5) is 40.0. The van der Waals surface area contributed by atoms with Crippen LogP contribution in [0.2, 0.25) is 5.02 Å². The SMILES string of the molecule is CCC(CC)(C(=O)ON)C(=O)OC(=O)c1ccccc1Cl. The van der Waals surface area contributed by atoms with Gasteiger partial charge in [-0.05, 0) is 25.0 Å². The summed E-state index contributed by atoms with van der Waals surface area (Å²) >= 11 is 5.85. The highest BCUT2D eigenvalue weighted by Crippen LogP contribution is 2.30. The van der Waals surface area contributed by atoms with Crippen molar-refractivity contribution in [3.8, 4) is 0 Å². The Morgan fingerprint density at radius 1 is 1.14 bits per heavy atom. The molecule has 114 valence electrons. The molecule has 0 amide bonds. The minimum atomic E-state index is -1.61. The Morgan fingerprint density at radius 2 is 1.71 bits per heavy atom. The lowest BCUT2D eigenvalue weighted by Gasteiger charge is -2.24. The predicted octanol–water partition coefficient (Wildman–Crippen LogP) is 2.25. The van der Waals surface area contributed by atoms with Gasteiger partial charge in [-0.1, -0.05) is 37.6 Å². The maximum Gasteiger partial charge on any atom is 0.347 e. The van der Waals surface area contributed by atoms with Gasteiger partial charge in [0.2, 0.25) is 0 Å². The molecule has 1 aromatic rings. The molecule has 0 heterocycles. The second kappa shape index (κ2) is 7.19. The maximum absolute atomic E-state index is 12.2. The van der Waals surface area contributed by atoms with E-state index >= 15 is 0 Å². The van der Waals surface area contributed by atoms with Gasteiger partial charge < -0.3 is 9.57 Å². The molecule has 0 bridgehead atoms. The van der Waals surface area contributed by atoms with Gasteiger partial charge in [0, 0.05) is 0 Å². The van der Waals surface area contributed by atoms with Crippen LogP contribution in [-0.4, -0.2) is 17.9 Å². The van der Waals surface area contributed by atoms with Gasteiger partial charge in [0.25, 0.3) is 0 Å². The lowest BCUT2D eigenvalue weighted by Crippen LogP contribution is -2.43. The zero-order valence-electron chi connectivity index (χ0n) is 11.7. The van der Waals surface area contributed by atoms with Gasteiger partial charge in [-0.15, -0.1) is 0 Å². The van der Waals surface area contributed by atoms with E-state index in [0.717, 1.165) is 0 Å². The largest absolute Gasteiger partial charge is 0.389 e. The smallest absolute Gasteiger partial charge is 0.347 e. The summed E-state index contributed by atoms with van der Waals surface area (Å²) in [6.45, 7) is 3.20. The van der Waals surface area contributed by atoms with Gasteiger partial charge in [0.15, 0.2) is 5.41 Å². The fourth-order valence-corrected chi connectivity index (χ4v) is 2.10. The number of carbonyl (C=O) groups excluding carboxylic acids is 3. The van der Waals surface area contributed by atoms with Crippen LogP contribution in [0.5, 0.6) is 0 Å². The summed E-state index contributed by atoms with van der Waals surface area (Å²) in [5.41, 5.74) is -1.57. The molecule has 0 aliphatic rings. The number of halogens is 1. The molecule has 6 nitrogen and oxygen atoms in total. The highest BCUT2D eigenvalue weighted by atomic mass is 35.5. The van der Waals surface area contributed by atoms with Crippen molar-refractivity contribution in [2.75, 3.05) is 0 Å². The number of ether oxygens (including phenoxy) is 1. The van der Waals surface area contributed by atoms with Crippen molar-refractivity contribution in [1.82, 2.24) is 0 Å². The molecule has 0 saturated heterocycles. The third kappa shape index (κ3) is 3.40. The minimum Gasteiger partial charge on any atom is -0.389 e. The molecule has 0 aliphatic heterocycles. The lowest BCUT2D eigenvalue weighted by molar-refractivity contribution is -0.170. The van der Waals surface area contributed by atoms with Gasteiger partial charge in [0.05, 0.1) is 10.6 Å².